The number of ether oxygens (including phenoxy) is 1. The van der Waals surface area contributed by atoms with E-state index in [1.54, 1.807) is 36.5 Å². The lowest BCUT2D eigenvalue weighted by molar-refractivity contribution is -0.384. The van der Waals surface area contributed by atoms with Gasteiger partial charge >= 0.3 is 0 Å². The lowest BCUT2D eigenvalue weighted by Gasteiger charge is -2.09. The van der Waals surface area contributed by atoms with Crippen LogP contribution in [0.15, 0.2) is 65.2 Å². The summed E-state index contributed by atoms with van der Waals surface area (Å²) in [7, 11) is 0. The number of nitro benzene ring substituents is 1. The van der Waals surface area contributed by atoms with Crippen molar-refractivity contribution in [3.63, 3.8) is 0 Å². The molecule has 1 N–H and O–H groups in total. The van der Waals surface area contributed by atoms with Crippen molar-refractivity contribution >= 4 is 40.1 Å². The van der Waals surface area contributed by atoms with E-state index in [1.807, 2.05) is 0 Å². The molecule has 0 aliphatic rings. The molecule has 1 amide bonds. The van der Waals surface area contributed by atoms with Gasteiger partial charge in [0.2, 0.25) is 5.89 Å². The standard InChI is InChI=1S/C20H13ClN4O5/c21-16-8-3-12(10-15(16)20-24-19-17(30-20)2-1-9-22-19)23-18(26)11-29-14-6-4-13(5-7-14)25(27)28/h1-10H,11H2,(H,23,26). The number of pyridine rings is 1. The number of carbonyl (C=O) groups is 1. The highest BCUT2D eigenvalue weighted by atomic mass is 35.5. The van der Waals surface area contributed by atoms with Crippen LogP contribution in [0.5, 0.6) is 5.75 Å². The number of aromatic nitrogens is 2. The number of rotatable bonds is 6. The van der Waals surface area contributed by atoms with Gasteiger partial charge in [-0.25, -0.2) is 4.98 Å². The zero-order valence-corrected chi connectivity index (χ0v) is 16.0. The van der Waals surface area contributed by atoms with Crippen LogP contribution < -0.4 is 10.1 Å². The molecule has 0 aliphatic heterocycles. The second-order valence-corrected chi connectivity index (χ2v) is 6.53. The summed E-state index contributed by atoms with van der Waals surface area (Å²) in [6, 6.07) is 13.8. The molecule has 2 aromatic heterocycles. The minimum Gasteiger partial charge on any atom is -0.484 e. The van der Waals surface area contributed by atoms with Crippen LogP contribution >= 0.6 is 11.6 Å². The quantitative estimate of drug-likeness (QED) is 0.358. The van der Waals surface area contributed by atoms with Gasteiger partial charge in [-0.3, -0.25) is 14.9 Å². The fourth-order valence-corrected chi connectivity index (χ4v) is 2.86. The van der Waals surface area contributed by atoms with Gasteiger partial charge < -0.3 is 14.5 Å². The Labute approximate surface area is 174 Å². The van der Waals surface area contributed by atoms with Crippen molar-refractivity contribution in [2.75, 3.05) is 11.9 Å². The van der Waals surface area contributed by atoms with Gasteiger partial charge in [-0.05, 0) is 42.5 Å². The number of benzene rings is 2. The van der Waals surface area contributed by atoms with E-state index in [2.05, 4.69) is 15.3 Å². The number of hydrogen-bond acceptors (Lipinski definition) is 7. The summed E-state index contributed by atoms with van der Waals surface area (Å²) in [6.07, 6.45) is 1.61. The van der Waals surface area contributed by atoms with Gasteiger partial charge in [-0.15, -0.1) is 0 Å². The summed E-state index contributed by atoms with van der Waals surface area (Å²) in [5.74, 6) is 0.208. The summed E-state index contributed by atoms with van der Waals surface area (Å²) in [5, 5.41) is 13.8. The van der Waals surface area contributed by atoms with Gasteiger partial charge in [-0.1, -0.05) is 11.6 Å². The van der Waals surface area contributed by atoms with Gasteiger partial charge in [0, 0.05) is 24.0 Å². The zero-order chi connectivity index (χ0) is 21.1. The first-order valence-electron chi connectivity index (χ1n) is 8.68. The summed E-state index contributed by atoms with van der Waals surface area (Å²) in [5.41, 5.74) is 1.89. The molecule has 9 nitrogen and oxygen atoms in total. The van der Waals surface area contributed by atoms with E-state index in [0.29, 0.717) is 33.3 Å². The molecule has 10 heteroatoms. The third-order valence-electron chi connectivity index (χ3n) is 4.06. The molecule has 0 spiro atoms. The van der Waals surface area contributed by atoms with Crippen LogP contribution in [-0.2, 0) is 4.79 Å². The number of carbonyl (C=O) groups excluding carboxylic acids is 1. The minimum atomic E-state index is -0.512. The highest BCUT2D eigenvalue weighted by Gasteiger charge is 2.14. The van der Waals surface area contributed by atoms with Gasteiger partial charge in [0.25, 0.3) is 11.6 Å². The molecule has 4 rings (SSSR count). The number of nitrogens with one attached hydrogen (secondary N) is 1. The molecule has 0 bridgehead atoms. The van der Waals surface area contributed by atoms with Gasteiger partial charge in [0.15, 0.2) is 17.8 Å². The zero-order valence-electron chi connectivity index (χ0n) is 15.2. The van der Waals surface area contributed by atoms with Gasteiger partial charge in [0.05, 0.1) is 15.5 Å². The number of nitrogens with zero attached hydrogens (tertiary/aromatic N) is 3. The van der Waals surface area contributed by atoms with Crippen molar-refractivity contribution in [1.82, 2.24) is 9.97 Å². The molecule has 0 saturated carbocycles. The number of halogens is 1. The normalized spacial score (nSPS) is 10.7. The number of anilines is 1. The van der Waals surface area contributed by atoms with Crippen LogP contribution in [0.3, 0.4) is 0 Å². The number of amides is 1. The first-order chi connectivity index (χ1) is 14.5. The van der Waals surface area contributed by atoms with Crippen LogP contribution in [-0.4, -0.2) is 27.4 Å². The Morgan fingerprint density at radius 3 is 2.73 bits per heavy atom. The molecule has 2 aromatic carbocycles. The van der Waals surface area contributed by atoms with Crippen LogP contribution in [0, 0.1) is 10.1 Å². The monoisotopic (exact) mass is 424 g/mol. The number of fused-ring (bicyclic) bond motifs is 1. The topological polar surface area (TPSA) is 120 Å². The molecule has 30 heavy (non-hydrogen) atoms. The van der Waals surface area contributed by atoms with Crippen molar-refractivity contribution < 1.29 is 18.9 Å². The SMILES string of the molecule is O=C(COc1ccc([N+](=O)[O-])cc1)Nc1ccc(Cl)c(-c2nc3ncccc3o2)c1. The largest absolute Gasteiger partial charge is 0.484 e. The van der Waals surface area contributed by atoms with Gasteiger partial charge in [-0.2, -0.15) is 4.98 Å². The van der Waals surface area contributed by atoms with Crippen LogP contribution in [0.4, 0.5) is 11.4 Å². The lowest BCUT2D eigenvalue weighted by atomic mass is 10.2. The number of nitro groups is 1. The van der Waals surface area contributed by atoms with Crippen LogP contribution in [0.1, 0.15) is 0 Å². The Bertz CT molecular complexity index is 1210. The van der Waals surface area contributed by atoms with Crippen molar-refractivity contribution in [3.05, 3.63) is 75.9 Å². The van der Waals surface area contributed by atoms with E-state index in [0.717, 1.165) is 0 Å². The maximum atomic E-state index is 12.2. The molecule has 4 aromatic rings. The molecule has 0 aliphatic carbocycles. The highest BCUT2D eigenvalue weighted by molar-refractivity contribution is 6.33. The van der Waals surface area contributed by atoms with Crippen molar-refractivity contribution in [1.29, 1.82) is 0 Å². The molecule has 0 radical (unpaired) electrons. The van der Waals surface area contributed by atoms with Gasteiger partial charge in [0.1, 0.15) is 5.75 Å². The van der Waals surface area contributed by atoms with E-state index >= 15 is 0 Å². The van der Waals surface area contributed by atoms with E-state index in [1.165, 1.54) is 24.3 Å². The van der Waals surface area contributed by atoms with Crippen molar-refractivity contribution in [2.24, 2.45) is 0 Å². The third kappa shape index (κ3) is 4.20. The second-order valence-electron chi connectivity index (χ2n) is 6.13. The maximum Gasteiger partial charge on any atom is 0.269 e. The van der Waals surface area contributed by atoms with E-state index in [-0.39, 0.29) is 18.2 Å². The maximum absolute atomic E-state index is 12.2. The second kappa shape index (κ2) is 8.18. The predicted molar refractivity (Wildman–Crippen MR) is 109 cm³/mol. The average Bonchev–Trinajstić information content (AvgIpc) is 3.18. The molecule has 0 saturated heterocycles. The average molecular weight is 425 g/mol. The van der Waals surface area contributed by atoms with E-state index < -0.39 is 10.8 Å². The van der Waals surface area contributed by atoms with E-state index in [4.69, 9.17) is 20.8 Å². The first kappa shape index (κ1) is 19.3. The summed E-state index contributed by atoms with van der Waals surface area (Å²) in [6.45, 7) is -0.275. The fraction of sp³-hybridized carbons (Fsp3) is 0.0500. The van der Waals surface area contributed by atoms with Crippen molar-refractivity contribution in [3.8, 4) is 17.2 Å². The van der Waals surface area contributed by atoms with Crippen LogP contribution in [0.25, 0.3) is 22.7 Å². The molecule has 0 atom stereocenters. The van der Waals surface area contributed by atoms with E-state index in [9.17, 15) is 14.9 Å². The fourth-order valence-electron chi connectivity index (χ4n) is 2.66. The Kier molecular flexibility index (Phi) is 5.27. The smallest absolute Gasteiger partial charge is 0.269 e. The number of non-ortho nitro benzene ring substituents is 1. The molecule has 0 fully saturated rings. The summed E-state index contributed by atoms with van der Waals surface area (Å²) < 4.78 is 11.0. The molecule has 0 unspecified atom stereocenters. The number of oxazole rings is 1. The summed E-state index contributed by atoms with van der Waals surface area (Å²) >= 11 is 6.27. The Morgan fingerprint density at radius 1 is 1.20 bits per heavy atom. The lowest BCUT2D eigenvalue weighted by Crippen LogP contribution is -2.20. The summed E-state index contributed by atoms with van der Waals surface area (Å²) in [4.78, 5) is 30.8. The molecular weight excluding hydrogens is 412 g/mol. The van der Waals surface area contributed by atoms with Crippen molar-refractivity contribution in [2.45, 2.75) is 0 Å². The Hall–Kier alpha value is -3.98. The molecular formula is C20H13ClN4O5. The third-order valence-corrected chi connectivity index (χ3v) is 4.39. The Morgan fingerprint density at radius 2 is 2.00 bits per heavy atom. The minimum absolute atomic E-state index is 0.0603. The van der Waals surface area contributed by atoms with Crippen LogP contribution in [0.2, 0.25) is 5.02 Å². The molecule has 2 heterocycles. The molecule has 150 valence electrons. The number of hydrogen-bond donors (Lipinski definition) is 1. The highest BCUT2D eigenvalue weighted by Crippen LogP contribution is 2.31. The first-order valence-corrected chi connectivity index (χ1v) is 9.06. The Balaban J connectivity index is 1.44. The predicted octanol–water partition coefficient (Wildman–Crippen LogP) is 4.47.